The van der Waals surface area contributed by atoms with Crippen LogP contribution in [-0.4, -0.2) is 33.6 Å². The molecule has 3 nitrogen and oxygen atoms in total. The molecular formula is C26H38O3. The van der Waals surface area contributed by atoms with Crippen molar-refractivity contribution in [2.24, 2.45) is 0 Å². The van der Waals surface area contributed by atoms with Crippen LogP contribution in [0.4, 0.5) is 0 Å². The summed E-state index contributed by atoms with van der Waals surface area (Å²) in [7, 11) is 0. The van der Waals surface area contributed by atoms with Gasteiger partial charge in [-0.25, -0.2) is 0 Å². The van der Waals surface area contributed by atoms with Crippen molar-refractivity contribution in [2.75, 3.05) is 0 Å². The molecule has 3 heteroatoms. The molecule has 0 bridgehead atoms. The van der Waals surface area contributed by atoms with Gasteiger partial charge in [-0.3, -0.25) is 0 Å². The lowest BCUT2D eigenvalue weighted by atomic mass is 9.85. The van der Waals surface area contributed by atoms with Gasteiger partial charge in [-0.05, 0) is 73.3 Å². The molecule has 1 aromatic carbocycles. The van der Waals surface area contributed by atoms with Crippen molar-refractivity contribution in [1.29, 1.82) is 0 Å². The summed E-state index contributed by atoms with van der Waals surface area (Å²) >= 11 is 0. The second kappa shape index (κ2) is 12.1. The number of aliphatic hydroxyl groups is 3. The van der Waals surface area contributed by atoms with Crippen molar-refractivity contribution >= 4 is 5.57 Å². The predicted molar refractivity (Wildman–Crippen MR) is 122 cm³/mol. The fraction of sp³-hybridized carbons (Fsp3) is 0.538. The number of hydrogen-bond donors (Lipinski definition) is 3. The highest BCUT2D eigenvalue weighted by molar-refractivity contribution is 5.68. The number of aliphatic hydroxyl groups excluding tert-OH is 3. The zero-order chi connectivity index (χ0) is 23.0. The molecule has 0 amide bonds. The minimum atomic E-state index is -0.695. The van der Waals surface area contributed by atoms with Crippen molar-refractivity contribution in [1.82, 2.24) is 0 Å². The molecule has 160 valence electrons. The first-order valence-corrected chi connectivity index (χ1v) is 10.8. The molecule has 0 heterocycles. The lowest BCUT2D eigenvalue weighted by Crippen LogP contribution is -2.26. The Labute approximate surface area is 179 Å². The maximum absolute atomic E-state index is 10.1. The summed E-state index contributed by atoms with van der Waals surface area (Å²) in [5.74, 6) is 0. The average Bonchev–Trinajstić information content (AvgIpc) is 2.71. The van der Waals surface area contributed by atoms with E-state index in [0.717, 1.165) is 36.0 Å². The molecule has 2 rings (SSSR count). The van der Waals surface area contributed by atoms with E-state index in [9.17, 15) is 15.3 Å². The van der Waals surface area contributed by atoms with Crippen LogP contribution in [-0.2, 0) is 6.42 Å². The number of allylic oxidation sites excluding steroid dienone is 3. The van der Waals surface area contributed by atoms with Crippen LogP contribution in [0.5, 0.6) is 0 Å². The van der Waals surface area contributed by atoms with E-state index >= 15 is 0 Å². The van der Waals surface area contributed by atoms with Gasteiger partial charge in [-0.2, -0.15) is 0 Å². The Balaban J connectivity index is 2.24. The van der Waals surface area contributed by atoms with Crippen molar-refractivity contribution in [3.8, 4) is 0 Å². The zero-order valence-electron chi connectivity index (χ0n) is 19.8. The van der Waals surface area contributed by atoms with Gasteiger partial charge >= 0.3 is 0 Å². The van der Waals surface area contributed by atoms with Crippen LogP contribution in [0.25, 0.3) is 5.57 Å². The molecule has 5 atom stereocenters. The number of hydrogen-bond acceptors (Lipinski definition) is 3. The van der Waals surface area contributed by atoms with E-state index in [1.807, 2.05) is 18.2 Å². The summed E-state index contributed by atoms with van der Waals surface area (Å²) in [6.45, 7) is 7.81. The fourth-order valence-electron chi connectivity index (χ4n) is 3.56. The maximum atomic E-state index is 10.1. The van der Waals surface area contributed by atoms with Crippen LogP contribution in [0.2, 0.25) is 0 Å². The Hall–Kier alpha value is -1.68. The van der Waals surface area contributed by atoms with Crippen LogP contribution in [0.15, 0.2) is 54.1 Å². The summed E-state index contributed by atoms with van der Waals surface area (Å²) in [6.07, 6.45) is 5.71. The molecule has 0 radical (unpaired) electrons. The van der Waals surface area contributed by atoms with Gasteiger partial charge < -0.3 is 15.3 Å². The molecule has 1 aliphatic carbocycles. The van der Waals surface area contributed by atoms with Gasteiger partial charge in [0.2, 0.25) is 0 Å². The van der Waals surface area contributed by atoms with Crippen LogP contribution in [0, 0.1) is 0 Å². The van der Waals surface area contributed by atoms with Crippen LogP contribution in [0.1, 0.15) is 79.0 Å². The lowest BCUT2D eigenvalue weighted by molar-refractivity contribution is 0.0862. The number of unbranched alkanes of at least 4 members (excludes halogenated alkanes) is 1. The van der Waals surface area contributed by atoms with Crippen LogP contribution < -0.4 is 0 Å². The Morgan fingerprint density at radius 2 is 2.14 bits per heavy atom. The molecule has 1 saturated carbocycles. The van der Waals surface area contributed by atoms with E-state index in [-0.39, 0.29) is 0 Å². The molecule has 0 aliphatic heterocycles. The van der Waals surface area contributed by atoms with Crippen molar-refractivity contribution < 1.29 is 18.1 Å². The van der Waals surface area contributed by atoms with Crippen molar-refractivity contribution in [2.45, 2.75) is 89.9 Å². The lowest BCUT2D eigenvalue weighted by Gasteiger charge is -2.26. The third-order valence-corrected chi connectivity index (χ3v) is 5.35. The Morgan fingerprint density at radius 1 is 1.34 bits per heavy atom. The molecule has 0 spiro atoms. The van der Waals surface area contributed by atoms with E-state index < -0.39 is 31.1 Å². The second-order valence-electron chi connectivity index (χ2n) is 8.08. The van der Waals surface area contributed by atoms with E-state index in [4.69, 9.17) is 2.74 Å². The van der Waals surface area contributed by atoms with Gasteiger partial charge in [0.1, 0.15) is 0 Å². The molecule has 1 fully saturated rings. The monoisotopic (exact) mass is 400 g/mol. The Morgan fingerprint density at radius 3 is 2.86 bits per heavy atom. The van der Waals surface area contributed by atoms with Gasteiger partial charge in [0, 0.05) is 9.16 Å². The predicted octanol–water partition coefficient (Wildman–Crippen LogP) is 5.35. The first-order chi connectivity index (χ1) is 14.7. The number of benzene rings is 1. The molecule has 1 aromatic rings. The Kier molecular flexibility index (Phi) is 8.60. The summed E-state index contributed by atoms with van der Waals surface area (Å²) in [6, 6.07) is 8.14. The highest BCUT2D eigenvalue weighted by Crippen LogP contribution is 2.30. The highest BCUT2D eigenvalue weighted by atomic mass is 16.3. The van der Waals surface area contributed by atoms with Gasteiger partial charge in [-0.15, -0.1) is 0 Å². The van der Waals surface area contributed by atoms with E-state index in [2.05, 4.69) is 31.7 Å². The van der Waals surface area contributed by atoms with Crippen molar-refractivity contribution in [3.63, 3.8) is 0 Å². The van der Waals surface area contributed by atoms with Gasteiger partial charge in [0.25, 0.3) is 0 Å². The quantitative estimate of drug-likeness (QED) is 0.496. The van der Waals surface area contributed by atoms with Gasteiger partial charge in [-0.1, -0.05) is 62.7 Å². The fourth-order valence-corrected chi connectivity index (χ4v) is 3.56. The molecule has 3 unspecified atom stereocenters. The minimum absolute atomic E-state index is 0.310. The number of rotatable bonds is 10. The third kappa shape index (κ3) is 7.93. The third-order valence-electron chi connectivity index (χ3n) is 5.35. The molecular weight excluding hydrogens is 360 g/mol. The molecule has 1 aliphatic rings. The Bertz CT molecular complexity index is 785. The maximum Gasteiger partial charge on any atom is 0.0811 e. The summed E-state index contributed by atoms with van der Waals surface area (Å²) in [5.41, 5.74) is 4.85. The van der Waals surface area contributed by atoms with Gasteiger partial charge in [0.05, 0.1) is 18.3 Å². The standard InChI is InChI=1S/C26H38O3/c1-4-5-12-22(14-15-23-17-25(28)18-26(29)20(23)3)24-13-8-11-21(16-24)10-7-6-9-19(2)27/h8,11,13-16,19,25-29H,3-7,9-10,12,17-18H2,1-2H3/t19?,25-,26+/m1/s1/i6D,7D/t6?,7?,19?,25-,26+. The minimum Gasteiger partial charge on any atom is -0.393 e. The molecule has 29 heavy (non-hydrogen) atoms. The zero-order valence-corrected chi connectivity index (χ0v) is 17.8. The average molecular weight is 401 g/mol. The highest BCUT2D eigenvalue weighted by Gasteiger charge is 2.24. The second-order valence-corrected chi connectivity index (χ2v) is 8.08. The van der Waals surface area contributed by atoms with Crippen molar-refractivity contribution in [3.05, 3.63) is 65.3 Å². The van der Waals surface area contributed by atoms with E-state index in [1.165, 1.54) is 5.57 Å². The summed E-state index contributed by atoms with van der Waals surface area (Å²) < 4.78 is 16.4. The molecule has 3 N–H and O–H groups in total. The van der Waals surface area contributed by atoms with E-state index in [1.54, 1.807) is 6.92 Å². The molecule has 0 aromatic heterocycles. The first-order valence-electron chi connectivity index (χ1n) is 11.9. The number of aryl methyl sites for hydroxylation is 1. The smallest absolute Gasteiger partial charge is 0.0811 e. The normalized spacial score (nSPS) is 26.0. The summed E-state index contributed by atoms with van der Waals surface area (Å²) in [5, 5.41) is 29.6. The van der Waals surface area contributed by atoms with Gasteiger partial charge in [0.15, 0.2) is 0 Å². The van der Waals surface area contributed by atoms with E-state index in [0.29, 0.717) is 31.3 Å². The summed E-state index contributed by atoms with van der Waals surface area (Å²) in [4.78, 5) is 0. The largest absolute Gasteiger partial charge is 0.393 e. The SMILES string of the molecule is [2H]C(Cc1cccc(C(=CC=C2C[C@@H](O)C[C@H](O)C2=C)CCCC)c1)C([2H])CC(C)O. The van der Waals surface area contributed by atoms with Crippen LogP contribution >= 0.6 is 0 Å². The van der Waals surface area contributed by atoms with Crippen LogP contribution in [0.3, 0.4) is 0 Å². The molecule has 0 saturated heterocycles. The first kappa shape index (κ1) is 20.6. The topological polar surface area (TPSA) is 60.7 Å².